The molecule has 0 saturated carbocycles. The van der Waals surface area contributed by atoms with Crippen molar-refractivity contribution < 1.29 is 4.79 Å². The van der Waals surface area contributed by atoms with Crippen LogP contribution in [0.1, 0.15) is 30.3 Å². The fourth-order valence-corrected chi connectivity index (χ4v) is 3.05. The van der Waals surface area contributed by atoms with Gasteiger partial charge in [-0.2, -0.15) is 0 Å². The van der Waals surface area contributed by atoms with Crippen LogP contribution in [-0.4, -0.2) is 18.5 Å². The van der Waals surface area contributed by atoms with Crippen LogP contribution >= 0.6 is 22.9 Å². The Morgan fingerprint density at radius 2 is 1.95 bits per heavy atom. The van der Waals surface area contributed by atoms with Gasteiger partial charge in [0.1, 0.15) is 0 Å². The smallest absolute Gasteiger partial charge is 0.236 e. The van der Waals surface area contributed by atoms with Crippen LogP contribution in [0.15, 0.2) is 41.8 Å². The summed E-state index contributed by atoms with van der Waals surface area (Å²) in [5.74, 6) is 0.0253. The van der Waals surface area contributed by atoms with E-state index in [2.05, 4.69) is 22.1 Å². The molecule has 2 N–H and O–H groups in total. The Morgan fingerprint density at radius 3 is 2.59 bits per heavy atom. The summed E-state index contributed by atoms with van der Waals surface area (Å²) in [6, 6.07) is 11.6. The number of rotatable bonds is 7. The van der Waals surface area contributed by atoms with Crippen molar-refractivity contribution in [3.8, 4) is 0 Å². The van der Waals surface area contributed by atoms with Crippen LogP contribution in [0.3, 0.4) is 0 Å². The molecule has 2 aromatic rings. The first-order valence-corrected chi connectivity index (χ1v) is 8.63. The largest absolute Gasteiger partial charge is 0.354 e. The maximum atomic E-state index is 12.1. The van der Waals surface area contributed by atoms with E-state index in [0.29, 0.717) is 6.54 Å². The van der Waals surface area contributed by atoms with E-state index in [9.17, 15) is 4.79 Å². The number of hydrogen-bond acceptors (Lipinski definition) is 3. The Kier molecular flexibility index (Phi) is 6.43. The lowest BCUT2D eigenvalue weighted by Gasteiger charge is -2.20. The summed E-state index contributed by atoms with van der Waals surface area (Å²) in [7, 11) is 0. The maximum absolute atomic E-state index is 12.1. The Morgan fingerprint density at radius 1 is 1.23 bits per heavy atom. The van der Waals surface area contributed by atoms with Gasteiger partial charge in [0.25, 0.3) is 0 Å². The molecule has 0 radical (unpaired) electrons. The standard InChI is InChI=1S/C17H21ClN2OS/c1-12(14-5-7-15(18)8-6-14)20-13(2)17(21)19-10-9-16-4-3-11-22-16/h3-8,11-13,20H,9-10H2,1-2H3,(H,19,21). The van der Waals surface area contributed by atoms with Crippen molar-refractivity contribution in [2.45, 2.75) is 32.4 Å². The molecule has 5 heteroatoms. The van der Waals surface area contributed by atoms with Crippen LogP contribution in [0.4, 0.5) is 0 Å². The fourth-order valence-electron chi connectivity index (χ4n) is 2.22. The quantitative estimate of drug-likeness (QED) is 0.807. The first-order valence-electron chi connectivity index (χ1n) is 7.38. The minimum absolute atomic E-state index is 0.0253. The number of nitrogens with one attached hydrogen (secondary N) is 2. The second kappa shape index (κ2) is 8.32. The summed E-state index contributed by atoms with van der Waals surface area (Å²) in [4.78, 5) is 13.4. The van der Waals surface area contributed by atoms with E-state index >= 15 is 0 Å². The Balaban J connectivity index is 1.76. The highest BCUT2D eigenvalue weighted by Gasteiger charge is 2.15. The lowest BCUT2D eigenvalue weighted by molar-refractivity contribution is -0.122. The van der Waals surface area contributed by atoms with Crippen LogP contribution in [0.2, 0.25) is 5.02 Å². The zero-order chi connectivity index (χ0) is 15.9. The summed E-state index contributed by atoms with van der Waals surface area (Å²) < 4.78 is 0. The summed E-state index contributed by atoms with van der Waals surface area (Å²) in [6.07, 6.45) is 0.878. The molecule has 0 saturated heterocycles. The fraction of sp³-hybridized carbons (Fsp3) is 0.353. The lowest BCUT2D eigenvalue weighted by atomic mass is 10.1. The van der Waals surface area contributed by atoms with Gasteiger partial charge in [-0.1, -0.05) is 29.8 Å². The van der Waals surface area contributed by atoms with E-state index in [4.69, 9.17) is 11.6 Å². The van der Waals surface area contributed by atoms with Crippen molar-refractivity contribution in [2.24, 2.45) is 0 Å². The minimum atomic E-state index is -0.242. The van der Waals surface area contributed by atoms with Crippen LogP contribution in [0.5, 0.6) is 0 Å². The second-order valence-electron chi connectivity index (χ2n) is 5.28. The highest BCUT2D eigenvalue weighted by molar-refractivity contribution is 7.09. The van der Waals surface area contributed by atoms with Crippen LogP contribution < -0.4 is 10.6 Å². The molecule has 1 amide bonds. The van der Waals surface area contributed by atoms with E-state index in [1.807, 2.05) is 44.2 Å². The summed E-state index contributed by atoms with van der Waals surface area (Å²) in [5.41, 5.74) is 1.11. The van der Waals surface area contributed by atoms with Gasteiger partial charge in [-0.05, 0) is 49.4 Å². The first-order chi connectivity index (χ1) is 10.6. The molecule has 0 fully saturated rings. The highest BCUT2D eigenvalue weighted by atomic mass is 35.5. The van der Waals surface area contributed by atoms with E-state index in [-0.39, 0.29) is 18.0 Å². The molecule has 0 bridgehead atoms. The van der Waals surface area contributed by atoms with Crippen molar-refractivity contribution in [1.82, 2.24) is 10.6 Å². The summed E-state index contributed by atoms with van der Waals surface area (Å²) in [5, 5.41) is 9.05. The first kappa shape index (κ1) is 17.0. The molecule has 0 aliphatic carbocycles. The predicted molar refractivity (Wildman–Crippen MR) is 93.5 cm³/mol. The normalized spacial score (nSPS) is 13.6. The third-order valence-corrected chi connectivity index (χ3v) is 4.70. The van der Waals surface area contributed by atoms with E-state index < -0.39 is 0 Å². The summed E-state index contributed by atoms with van der Waals surface area (Å²) >= 11 is 7.60. The van der Waals surface area contributed by atoms with Crippen LogP contribution in [0, 0.1) is 0 Å². The minimum Gasteiger partial charge on any atom is -0.354 e. The van der Waals surface area contributed by atoms with Gasteiger partial charge in [-0.25, -0.2) is 0 Å². The van der Waals surface area contributed by atoms with Gasteiger partial charge in [0.05, 0.1) is 6.04 Å². The lowest BCUT2D eigenvalue weighted by Crippen LogP contribution is -2.43. The molecular formula is C17H21ClN2OS. The topological polar surface area (TPSA) is 41.1 Å². The van der Waals surface area contributed by atoms with Gasteiger partial charge in [0.2, 0.25) is 5.91 Å². The third kappa shape index (κ3) is 5.13. The zero-order valence-corrected chi connectivity index (χ0v) is 14.4. The molecular weight excluding hydrogens is 316 g/mol. The Hall–Kier alpha value is -1.36. The Bertz CT molecular complexity index is 583. The molecule has 22 heavy (non-hydrogen) atoms. The van der Waals surface area contributed by atoms with Gasteiger partial charge in [-0.3, -0.25) is 10.1 Å². The second-order valence-corrected chi connectivity index (χ2v) is 6.75. The average molecular weight is 337 g/mol. The third-order valence-electron chi connectivity index (χ3n) is 3.51. The molecule has 2 rings (SSSR count). The number of benzene rings is 1. The van der Waals surface area contributed by atoms with Crippen molar-refractivity contribution in [3.05, 3.63) is 57.2 Å². The van der Waals surface area contributed by atoms with Gasteiger partial charge in [-0.15, -0.1) is 11.3 Å². The predicted octanol–water partition coefficient (Wildman–Crippen LogP) is 3.80. The van der Waals surface area contributed by atoms with E-state index in [1.165, 1.54) is 4.88 Å². The molecule has 118 valence electrons. The monoisotopic (exact) mass is 336 g/mol. The number of amides is 1. The molecule has 0 aliphatic rings. The van der Waals surface area contributed by atoms with Gasteiger partial charge in [0, 0.05) is 22.5 Å². The average Bonchev–Trinajstić information content (AvgIpc) is 3.01. The van der Waals surface area contributed by atoms with Gasteiger partial charge >= 0.3 is 0 Å². The van der Waals surface area contributed by atoms with Crippen molar-refractivity contribution in [1.29, 1.82) is 0 Å². The number of thiophene rings is 1. The molecule has 2 atom stereocenters. The SMILES string of the molecule is CC(NC(C)c1ccc(Cl)cc1)C(=O)NCCc1cccs1. The van der Waals surface area contributed by atoms with Gasteiger partial charge in [0.15, 0.2) is 0 Å². The molecule has 2 unspecified atom stereocenters. The molecule has 1 aromatic carbocycles. The van der Waals surface area contributed by atoms with Crippen molar-refractivity contribution in [3.63, 3.8) is 0 Å². The molecule has 1 heterocycles. The Labute approximate surface area is 140 Å². The van der Waals surface area contributed by atoms with Gasteiger partial charge < -0.3 is 5.32 Å². The van der Waals surface area contributed by atoms with Crippen LogP contribution in [0.25, 0.3) is 0 Å². The zero-order valence-electron chi connectivity index (χ0n) is 12.8. The molecule has 3 nitrogen and oxygen atoms in total. The number of hydrogen-bond donors (Lipinski definition) is 2. The molecule has 0 spiro atoms. The molecule has 1 aromatic heterocycles. The van der Waals surface area contributed by atoms with E-state index in [0.717, 1.165) is 17.0 Å². The number of carbonyl (C=O) groups is 1. The van der Waals surface area contributed by atoms with E-state index in [1.54, 1.807) is 11.3 Å². The number of carbonyl (C=O) groups excluding carboxylic acids is 1. The highest BCUT2D eigenvalue weighted by Crippen LogP contribution is 2.16. The van der Waals surface area contributed by atoms with Crippen molar-refractivity contribution >= 4 is 28.8 Å². The molecule has 0 aliphatic heterocycles. The van der Waals surface area contributed by atoms with Crippen LogP contribution in [-0.2, 0) is 11.2 Å². The number of halogens is 1. The van der Waals surface area contributed by atoms with Crippen molar-refractivity contribution in [2.75, 3.05) is 6.54 Å². The maximum Gasteiger partial charge on any atom is 0.236 e. The summed E-state index contributed by atoms with van der Waals surface area (Å²) in [6.45, 7) is 4.59.